The normalized spacial score (nSPS) is 14.9. The summed E-state index contributed by atoms with van der Waals surface area (Å²) in [5.74, 6) is 0.808. The number of nitrogens with two attached hydrogens (primary N) is 1. The van der Waals surface area contributed by atoms with E-state index < -0.39 is 0 Å². The smallest absolute Gasteiger partial charge is 0.254 e. The van der Waals surface area contributed by atoms with Crippen molar-refractivity contribution in [3.63, 3.8) is 0 Å². The Morgan fingerprint density at radius 1 is 1.44 bits per heavy atom. The van der Waals surface area contributed by atoms with Gasteiger partial charge in [-0.05, 0) is 57.2 Å². The molecule has 0 unspecified atom stereocenters. The number of nitrogens with zero attached hydrogens (tertiary/aromatic N) is 1. The fraction of sp³-hybridized carbons (Fsp3) is 0.533. The first-order valence-electron chi connectivity index (χ1n) is 6.66. The largest absolute Gasteiger partial charge is 0.398 e. The highest BCUT2D eigenvalue weighted by Gasteiger charge is 2.28. The van der Waals surface area contributed by atoms with Crippen LogP contribution >= 0.6 is 0 Å². The molecule has 1 aliphatic rings. The van der Waals surface area contributed by atoms with Crippen LogP contribution in [0, 0.1) is 12.8 Å². The summed E-state index contributed by atoms with van der Waals surface area (Å²) in [5.41, 5.74) is 8.29. The molecule has 0 aliphatic heterocycles. The summed E-state index contributed by atoms with van der Waals surface area (Å²) in [6.45, 7) is 6.97. The van der Waals surface area contributed by atoms with Gasteiger partial charge in [-0.25, -0.2) is 0 Å². The minimum atomic E-state index is 0.101. The second kappa shape index (κ2) is 5.01. The summed E-state index contributed by atoms with van der Waals surface area (Å²) in [6, 6.07) is 5.81. The average molecular weight is 246 g/mol. The molecule has 0 spiro atoms. The molecule has 1 aromatic carbocycles. The van der Waals surface area contributed by atoms with Crippen molar-refractivity contribution in [2.45, 2.75) is 39.7 Å². The van der Waals surface area contributed by atoms with Crippen LogP contribution in [0.5, 0.6) is 0 Å². The van der Waals surface area contributed by atoms with Crippen LogP contribution in [0.4, 0.5) is 5.69 Å². The number of rotatable bonds is 4. The number of carbonyl (C=O) groups excluding carboxylic acids is 1. The highest BCUT2D eigenvalue weighted by molar-refractivity contribution is 5.95. The Balaban J connectivity index is 2.18. The molecule has 2 rings (SSSR count). The second-order valence-electron chi connectivity index (χ2n) is 5.57. The number of amides is 1. The third-order valence-corrected chi connectivity index (χ3v) is 3.56. The van der Waals surface area contributed by atoms with Crippen LogP contribution in [0.3, 0.4) is 0 Å². The van der Waals surface area contributed by atoms with E-state index in [1.807, 2.05) is 24.0 Å². The van der Waals surface area contributed by atoms with Crippen molar-refractivity contribution < 1.29 is 4.79 Å². The van der Waals surface area contributed by atoms with E-state index in [9.17, 15) is 4.79 Å². The zero-order valence-electron chi connectivity index (χ0n) is 11.4. The Morgan fingerprint density at radius 3 is 2.61 bits per heavy atom. The number of hydrogen-bond acceptors (Lipinski definition) is 2. The van der Waals surface area contributed by atoms with E-state index in [2.05, 4.69) is 13.8 Å². The molecule has 0 heterocycles. The zero-order chi connectivity index (χ0) is 13.3. The lowest BCUT2D eigenvalue weighted by atomic mass is 10.1. The predicted molar refractivity (Wildman–Crippen MR) is 74.5 cm³/mol. The van der Waals surface area contributed by atoms with Crippen LogP contribution in [0.15, 0.2) is 18.2 Å². The summed E-state index contributed by atoms with van der Waals surface area (Å²) < 4.78 is 0. The molecule has 18 heavy (non-hydrogen) atoms. The Kier molecular flexibility index (Phi) is 3.60. The molecule has 0 bridgehead atoms. The van der Waals surface area contributed by atoms with Gasteiger partial charge in [-0.1, -0.05) is 6.07 Å². The van der Waals surface area contributed by atoms with Crippen LogP contribution < -0.4 is 5.73 Å². The Labute approximate surface area is 109 Å². The summed E-state index contributed by atoms with van der Waals surface area (Å²) in [5, 5.41) is 0. The van der Waals surface area contributed by atoms with Gasteiger partial charge in [0.05, 0.1) is 0 Å². The fourth-order valence-corrected chi connectivity index (χ4v) is 2.05. The van der Waals surface area contributed by atoms with Crippen LogP contribution in [-0.4, -0.2) is 23.4 Å². The summed E-state index contributed by atoms with van der Waals surface area (Å²) in [6.07, 6.45) is 2.51. The number of aryl methyl sites for hydroxylation is 1. The molecular weight excluding hydrogens is 224 g/mol. The summed E-state index contributed by atoms with van der Waals surface area (Å²) in [4.78, 5) is 14.4. The topological polar surface area (TPSA) is 46.3 Å². The Morgan fingerprint density at radius 2 is 2.11 bits per heavy atom. The molecule has 1 fully saturated rings. The third-order valence-electron chi connectivity index (χ3n) is 3.56. The van der Waals surface area contributed by atoms with Crippen LogP contribution in [0.1, 0.15) is 42.6 Å². The van der Waals surface area contributed by atoms with Gasteiger partial charge in [0, 0.05) is 23.8 Å². The molecular formula is C15H22N2O. The quantitative estimate of drug-likeness (QED) is 0.830. The van der Waals surface area contributed by atoms with Gasteiger partial charge in [-0.2, -0.15) is 0 Å². The maximum absolute atomic E-state index is 12.5. The number of hydrogen-bond donors (Lipinski definition) is 1. The van der Waals surface area contributed by atoms with Crippen LogP contribution in [0.25, 0.3) is 0 Å². The van der Waals surface area contributed by atoms with Crippen molar-refractivity contribution >= 4 is 11.6 Å². The van der Waals surface area contributed by atoms with Gasteiger partial charge in [-0.3, -0.25) is 4.79 Å². The molecule has 0 atom stereocenters. The first kappa shape index (κ1) is 12.9. The van der Waals surface area contributed by atoms with Gasteiger partial charge in [-0.15, -0.1) is 0 Å². The number of carbonyl (C=O) groups is 1. The second-order valence-corrected chi connectivity index (χ2v) is 5.57. The van der Waals surface area contributed by atoms with Gasteiger partial charge in [0.1, 0.15) is 0 Å². The highest BCUT2D eigenvalue weighted by Crippen LogP contribution is 2.31. The van der Waals surface area contributed by atoms with Gasteiger partial charge in [0.2, 0.25) is 0 Å². The average Bonchev–Trinajstić information content (AvgIpc) is 3.12. The molecule has 3 nitrogen and oxygen atoms in total. The SMILES string of the molecule is Cc1ccc(C(=O)N(CC2CC2)C(C)C)cc1N. The molecule has 98 valence electrons. The van der Waals surface area contributed by atoms with Gasteiger partial charge < -0.3 is 10.6 Å². The maximum Gasteiger partial charge on any atom is 0.254 e. The molecule has 1 aliphatic carbocycles. The van der Waals surface area contributed by atoms with Crippen molar-refractivity contribution in [2.24, 2.45) is 5.92 Å². The summed E-state index contributed by atoms with van der Waals surface area (Å²) >= 11 is 0. The Hall–Kier alpha value is -1.51. The first-order valence-corrected chi connectivity index (χ1v) is 6.66. The van der Waals surface area contributed by atoms with E-state index in [1.54, 1.807) is 6.07 Å². The molecule has 0 saturated heterocycles. The Bertz CT molecular complexity index is 450. The lowest BCUT2D eigenvalue weighted by Crippen LogP contribution is -2.38. The molecule has 0 aromatic heterocycles. The minimum Gasteiger partial charge on any atom is -0.398 e. The molecule has 3 heteroatoms. The lowest BCUT2D eigenvalue weighted by molar-refractivity contribution is 0.0696. The predicted octanol–water partition coefficient (Wildman–Crippen LogP) is 2.84. The molecule has 1 aromatic rings. The minimum absolute atomic E-state index is 0.101. The monoisotopic (exact) mass is 246 g/mol. The molecule has 2 N–H and O–H groups in total. The molecule has 1 saturated carbocycles. The van der Waals surface area contributed by atoms with Crippen molar-refractivity contribution in [1.82, 2.24) is 4.90 Å². The first-order chi connectivity index (χ1) is 8.49. The molecule has 0 radical (unpaired) electrons. The maximum atomic E-state index is 12.5. The van der Waals surface area contributed by atoms with Crippen molar-refractivity contribution in [1.29, 1.82) is 0 Å². The van der Waals surface area contributed by atoms with Crippen molar-refractivity contribution in [3.8, 4) is 0 Å². The standard InChI is InChI=1S/C15H22N2O/c1-10(2)17(9-12-5-6-12)15(18)13-7-4-11(3)14(16)8-13/h4,7-8,10,12H,5-6,9,16H2,1-3H3. The van der Waals surface area contributed by atoms with Crippen LogP contribution in [0.2, 0.25) is 0 Å². The van der Waals surface area contributed by atoms with E-state index in [4.69, 9.17) is 5.73 Å². The number of benzene rings is 1. The zero-order valence-corrected chi connectivity index (χ0v) is 11.4. The van der Waals surface area contributed by atoms with E-state index in [-0.39, 0.29) is 11.9 Å². The van der Waals surface area contributed by atoms with E-state index >= 15 is 0 Å². The van der Waals surface area contributed by atoms with Crippen LogP contribution in [-0.2, 0) is 0 Å². The highest BCUT2D eigenvalue weighted by atomic mass is 16.2. The van der Waals surface area contributed by atoms with Gasteiger partial charge in [0.15, 0.2) is 0 Å². The van der Waals surface area contributed by atoms with Crippen molar-refractivity contribution in [2.75, 3.05) is 12.3 Å². The third kappa shape index (κ3) is 2.84. The number of nitrogen functional groups attached to an aromatic ring is 1. The van der Waals surface area contributed by atoms with E-state index in [1.165, 1.54) is 12.8 Å². The number of anilines is 1. The van der Waals surface area contributed by atoms with E-state index in [0.29, 0.717) is 17.2 Å². The fourth-order valence-electron chi connectivity index (χ4n) is 2.05. The van der Waals surface area contributed by atoms with Crippen molar-refractivity contribution in [3.05, 3.63) is 29.3 Å². The molecule has 1 amide bonds. The summed E-state index contributed by atoms with van der Waals surface area (Å²) in [7, 11) is 0. The van der Waals surface area contributed by atoms with Gasteiger partial charge in [0.25, 0.3) is 5.91 Å². The van der Waals surface area contributed by atoms with E-state index in [0.717, 1.165) is 12.1 Å². The lowest BCUT2D eigenvalue weighted by Gasteiger charge is -2.27. The van der Waals surface area contributed by atoms with Gasteiger partial charge >= 0.3 is 0 Å².